The summed E-state index contributed by atoms with van der Waals surface area (Å²) in [6, 6.07) is 13.4. The van der Waals surface area contributed by atoms with Crippen LogP contribution < -0.4 is 5.63 Å². The Morgan fingerprint density at radius 1 is 1.11 bits per heavy atom. The number of hydrogen-bond donors (Lipinski definition) is 0. The van der Waals surface area contributed by atoms with E-state index in [1.165, 1.54) is 6.07 Å². The van der Waals surface area contributed by atoms with Gasteiger partial charge < -0.3 is 9.15 Å². The van der Waals surface area contributed by atoms with Gasteiger partial charge in [-0.25, -0.2) is 14.6 Å². The molecule has 5 nitrogen and oxygen atoms in total. The monoisotopic (exact) mass is 413 g/mol. The number of fused-ring (bicyclic) bond motifs is 3. The molecule has 2 aromatic heterocycles. The molecular formula is C21H13Cl2NO4. The number of pyridine rings is 1. The van der Waals surface area contributed by atoms with Crippen molar-refractivity contribution in [1.82, 2.24) is 4.98 Å². The molecule has 0 amide bonds. The van der Waals surface area contributed by atoms with Crippen LogP contribution in [0.3, 0.4) is 0 Å². The van der Waals surface area contributed by atoms with E-state index in [-0.39, 0.29) is 17.7 Å². The second-order valence-electron chi connectivity index (χ2n) is 5.98. The third-order valence-electron chi connectivity index (χ3n) is 4.29. The van der Waals surface area contributed by atoms with Crippen LogP contribution in [0.4, 0.5) is 0 Å². The van der Waals surface area contributed by atoms with Crippen molar-refractivity contribution in [1.29, 1.82) is 0 Å². The van der Waals surface area contributed by atoms with Crippen molar-refractivity contribution in [2.45, 2.75) is 6.92 Å². The van der Waals surface area contributed by atoms with Crippen molar-refractivity contribution in [2.24, 2.45) is 0 Å². The minimum atomic E-state index is -0.605. The predicted octanol–water partition coefficient (Wildman–Crippen LogP) is 5.49. The zero-order valence-corrected chi connectivity index (χ0v) is 16.2. The number of benzene rings is 2. The second-order valence-corrected chi connectivity index (χ2v) is 6.80. The molecule has 2 aromatic carbocycles. The average molecular weight is 414 g/mol. The van der Waals surface area contributed by atoms with E-state index in [0.29, 0.717) is 37.7 Å². The third kappa shape index (κ3) is 3.03. The summed E-state index contributed by atoms with van der Waals surface area (Å²) >= 11 is 12.7. The number of ether oxygens (including phenoxy) is 1. The number of nitrogens with zero attached hydrogens (tertiary/aromatic N) is 1. The molecule has 0 saturated heterocycles. The topological polar surface area (TPSA) is 69.4 Å². The van der Waals surface area contributed by atoms with Crippen LogP contribution in [-0.4, -0.2) is 17.6 Å². The van der Waals surface area contributed by atoms with Crippen LogP contribution in [-0.2, 0) is 4.74 Å². The Labute approximate surface area is 169 Å². The first-order valence-corrected chi connectivity index (χ1v) is 9.25. The maximum absolute atomic E-state index is 12.8. The fraction of sp³-hybridized carbons (Fsp3) is 0.0952. The van der Waals surface area contributed by atoms with Crippen LogP contribution in [0.2, 0.25) is 10.0 Å². The number of halogens is 2. The Morgan fingerprint density at radius 3 is 2.54 bits per heavy atom. The van der Waals surface area contributed by atoms with Gasteiger partial charge in [0.05, 0.1) is 17.5 Å². The van der Waals surface area contributed by atoms with E-state index in [2.05, 4.69) is 4.98 Å². The first kappa shape index (κ1) is 18.5. The molecule has 28 heavy (non-hydrogen) atoms. The van der Waals surface area contributed by atoms with Crippen LogP contribution in [0.25, 0.3) is 33.0 Å². The van der Waals surface area contributed by atoms with Crippen molar-refractivity contribution in [2.75, 3.05) is 6.61 Å². The number of hydrogen-bond acceptors (Lipinski definition) is 5. The van der Waals surface area contributed by atoms with Gasteiger partial charge in [-0.1, -0.05) is 41.4 Å². The van der Waals surface area contributed by atoms with Gasteiger partial charge in [0.15, 0.2) is 0 Å². The SMILES string of the molecule is CCOC(=O)c1cc(-c2c(Cl)cccc2Cl)c2c(=O)oc3ccccc3c2n1. The van der Waals surface area contributed by atoms with E-state index < -0.39 is 11.6 Å². The second kappa shape index (κ2) is 7.26. The fourth-order valence-corrected chi connectivity index (χ4v) is 3.71. The summed E-state index contributed by atoms with van der Waals surface area (Å²) in [7, 11) is 0. The molecule has 0 aliphatic carbocycles. The highest BCUT2D eigenvalue weighted by atomic mass is 35.5. The zero-order chi connectivity index (χ0) is 19.8. The van der Waals surface area contributed by atoms with Crippen LogP contribution in [0.5, 0.6) is 0 Å². The lowest BCUT2D eigenvalue weighted by Crippen LogP contribution is -2.11. The Morgan fingerprint density at radius 2 is 1.82 bits per heavy atom. The van der Waals surface area contributed by atoms with E-state index >= 15 is 0 Å². The van der Waals surface area contributed by atoms with Crippen LogP contribution >= 0.6 is 23.2 Å². The molecule has 140 valence electrons. The summed E-state index contributed by atoms with van der Waals surface area (Å²) in [5.41, 5.74) is 0.932. The largest absolute Gasteiger partial charge is 0.461 e. The smallest absolute Gasteiger partial charge is 0.356 e. The third-order valence-corrected chi connectivity index (χ3v) is 4.92. The molecule has 7 heteroatoms. The number of esters is 1. The van der Waals surface area contributed by atoms with Gasteiger partial charge in [0, 0.05) is 26.6 Å². The van der Waals surface area contributed by atoms with Crippen molar-refractivity contribution >= 4 is 51.0 Å². The number of aromatic nitrogens is 1. The molecule has 0 saturated carbocycles. The number of rotatable bonds is 3. The molecule has 4 rings (SSSR count). The molecule has 0 spiro atoms. The molecule has 0 radical (unpaired) electrons. The summed E-state index contributed by atoms with van der Waals surface area (Å²) < 4.78 is 10.6. The lowest BCUT2D eigenvalue weighted by molar-refractivity contribution is 0.0520. The van der Waals surface area contributed by atoms with Gasteiger partial charge in [0.1, 0.15) is 11.3 Å². The molecule has 0 unspecified atom stereocenters. The molecule has 0 bridgehead atoms. The van der Waals surface area contributed by atoms with Crippen molar-refractivity contribution in [3.63, 3.8) is 0 Å². The highest BCUT2D eigenvalue weighted by Gasteiger charge is 2.22. The van der Waals surface area contributed by atoms with Gasteiger partial charge in [-0.15, -0.1) is 0 Å². The van der Waals surface area contributed by atoms with E-state index in [1.807, 2.05) is 0 Å². The first-order valence-electron chi connectivity index (χ1n) is 8.49. The zero-order valence-electron chi connectivity index (χ0n) is 14.7. The standard InChI is InChI=1S/C21H13Cl2NO4/c1-2-27-20(25)15-10-12(17-13(22)7-5-8-14(17)23)18-19(24-15)11-6-3-4-9-16(11)28-21(18)26/h3-10H,2H2,1H3. The van der Waals surface area contributed by atoms with Gasteiger partial charge in [0.2, 0.25) is 0 Å². The maximum Gasteiger partial charge on any atom is 0.356 e. The van der Waals surface area contributed by atoms with Crippen LogP contribution in [0.1, 0.15) is 17.4 Å². The van der Waals surface area contributed by atoms with Crippen molar-refractivity contribution in [3.05, 3.63) is 74.7 Å². The average Bonchev–Trinajstić information content (AvgIpc) is 2.67. The minimum absolute atomic E-state index is 0.0519. The number of carbonyl (C=O) groups excluding carboxylic acids is 1. The maximum atomic E-state index is 12.8. The fourth-order valence-electron chi connectivity index (χ4n) is 3.11. The normalized spacial score (nSPS) is 11.1. The Hall–Kier alpha value is -2.89. The molecule has 0 atom stereocenters. The highest BCUT2D eigenvalue weighted by Crippen LogP contribution is 2.38. The summed E-state index contributed by atoms with van der Waals surface area (Å²) in [4.78, 5) is 29.6. The van der Waals surface area contributed by atoms with E-state index in [4.69, 9.17) is 32.4 Å². The molecule has 0 fully saturated rings. The summed E-state index contributed by atoms with van der Waals surface area (Å²) in [5, 5.41) is 1.46. The van der Waals surface area contributed by atoms with Crippen LogP contribution in [0, 0.1) is 0 Å². The number of carbonyl (C=O) groups is 1. The summed E-state index contributed by atoms with van der Waals surface area (Å²) in [6.07, 6.45) is 0. The van der Waals surface area contributed by atoms with E-state index in [1.54, 1.807) is 49.4 Å². The van der Waals surface area contributed by atoms with Crippen LogP contribution in [0.15, 0.2) is 57.7 Å². The lowest BCUT2D eigenvalue weighted by Gasteiger charge is -2.12. The van der Waals surface area contributed by atoms with Gasteiger partial charge in [-0.2, -0.15) is 0 Å². The van der Waals surface area contributed by atoms with Crippen molar-refractivity contribution in [3.8, 4) is 11.1 Å². The molecule has 0 aliphatic heterocycles. The van der Waals surface area contributed by atoms with E-state index in [0.717, 1.165) is 0 Å². The van der Waals surface area contributed by atoms with E-state index in [9.17, 15) is 9.59 Å². The lowest BCUT2D eigenvalue weighted by atomic mass is 9.99. The summed E-state index contributed by atoms with van der Waals surface area (Å²) in [6.45, 7) is 1.90. The van der Waals surface area contributed by atoms with Gasteiger partial charge in [-0.3, -0.25) is 0 Å². The van der Waals surface area contributed by atoms with Gasteiger partial charge in [-0.05, 0) is 37.3 Å². The molecular weight excluding hydrogens is 401 g/mol. The Balaban J connectivity index is 2.21. The van der Waals surface area contributed by atoms with Gasteiger partial charge >= 0.3 is 11.6 Å². The van der Waals surface area contributed by atoms with Gasteiger partial charge in [0.25, 0.3) is 0 Å². The highest BCUT2D eigenvalue weighted by molar-refractivity contribution is 6.39. The minimum Gasteiger partial charge on any atom is -0.461 e. The number of para-hydroxylation sites is 1. The molecule has 0 N–H and O–H groups in total. The Bertz CT molecular complexity index is 1280. The van der Waals surface area contributed by atoms with Crippen molar-refractivity contribution < 1.29 is 13.9 Å². The Kier molecular flexibility index (Phi) is 4.79. The first-order chi connectivity index (χ1) is 13.5. The summed E-state index contributed by atoms with van der Waals surface area (Å²) in [5.74, 6) is -0.605. The predicted molar refractivity (Wildman–Crippen MR) is 109 cm³/mol. The molecule has 0 aliphatic rings. The quantitative estimate of drug-likeness (QED) is 0.252. The molecule has 2 heterocycles. The molecule has 4 aromatic rings.